The van der Waals surface area contributed by atoms with Gasteiger partial charge in [0.2, 0.25) is 0 Å². The summed E-state index contributed by atoms with van der Waals surface area (Å²) in [5.74, 6) is 0.531. The second kappa shape index (κ2) is 5.03. The summed E-state index contributed by atoms with van der Waals surface area (Å²) in [5, 5.41) is 10.8. The smallest absolute Gasteiger partial charge is 0.198 e. The minimum atomic E-state index is -0.648. The lowest BCUT2D eigenvalue weighted by Gasteiger charge is -2.08. The topological polar surface area (TPSA) is 46.3 Å². The third-order valence-corrected chi connectivity index (χ3v) is 3.21. The zero-order valence-corrected chi connectivity index (χ0v) is 10.8. The monoisotopic (exact) mass is 273 g/mol. The molecule has 1 aromatic heterocycles. The maximum absolute atomic E-state index is 10.1. The molecule has 0 saturated heterocycles. The van der Waals surface area contributed by atoms with E-state index < -0.39 is 6.10 Å². The molecular weight excluding hydrogens is 262 g/mol. The van der Waals surface area contributed by atoms with Gasteiger partial charge in [0, 0.05) is 5.02 Å². The van der Waals surface area contributed by atoms with Crippen molar-refractivity contribution in [3.05, 3.63) is 65.0 Å². The van der Waals surface area contributed by atoms with Crippen LogP contribution in [0.5, 0.6) is 0 Å². The van der Waals surface area contributed by atoms with Crippen molar-refractivity contribution >= 4 is 22.7 Å². The summed E-state index contributed by atoms with van der Waals surface area (Å²) in [6.45, 7) is 0. The molecule has 0 aliphatic heterocycles. The first-order valence-corrected chi connectivity index (χ1v) is 6.38. The Bertz CT molecular complexity index is 658. The lowest BCUT2D eigenvalue weighted by atomic mass is 10.1. The van der Waals surface area contributed by atoms with Gasteiger partial charge in [-0.2, -0.15) is 0 Å². The predicted molar refractivity (Wildman–Crippen MR) is 74.1 cm³/mol. The summed E-state index contributed by atoms with van der Waals surface area (Å²) in [5.41, 5.74) is 2.34. The molecule has 3 rings (SSSR count). The van der Waals surface area contributed by atoms with Crippen LogP contribution in [0.2, 0.25) is 5.02 Å². The third kappa shape index (κ3) is 2.62. The fourth-order valence-corrected chi connectivity index (χ4v) is 2.10. The number of oxazole rings is 1. The molecule has 0 aliphatic carbocycles. The highest BCUT2D eigenvalue weighted by Gasteiger charge is 2.13. The van der Waals surface area contributed by atoms with Gasteiger partial charge in [0.05, 0.1) is 12.5 Å². The van der Waals surface area contributed by atoms with Gasteiger partial charge in [-0.15, -0.1) is 0 Å². The van der Waals surface area contributed by atoms with E-state index in [4.69, 9.17) is 16.0 Å². The Morgan fingerprint density at radius 2 is 1.84 bits per heavy atom. The number of rotatable bonds is 3. The van der Waals surface area contributed by atoms with Crippen molar-refractivity contribution < 1.29 is 9.52 Å². The van der Waals surface area contributed by atoms with Gasteiger partial charge in [-0.25, -0.2) is 4.98 Å². The second-order valence-electron chi connectivity index (χ2n) is 4.35. The summed E-state index contributed by atoms with van der Waals surface area (Å²) in [6.07, 6.45) is -0.304. The standard InChI is InChI=1S/C15H12ClNO2/c16-11-7-5-10(6-8-11)13(18)9-15-17-12-3-1-2-4-14(12)19-15/h1-8,13,18H,9H2/t13-/m1/s1. The summed E-state index contributed by atoms with van der Waals surface area (Å²) >= 11 is 5.82. The van der Waals surface area contributed by atoms with Crippen molar-refractivity contribution in [1.29, 1.82) is 0 Å². The van der Waals surface area contributed by atoms with Gasteiger partial charge in [0.15, 0.2) is 11.5 Å². The number of fused-ring (bicyclic) bond motifs is 1. The van der Waals surface area contributed by atoms with Gasteiger partial charge < -0.3 is 9.52 Å². The van der Waals surface area contributed by atoms with Crippen LogP contribution in [0.4, 0.5) is 0 Å². The van der Waals surface area contributed by atoms with Crippen molar-refractivity contribution in [3.63, 3.8) is 0 Å². The minimum Gasteiger partial charge on any atom is -0.441 e. The number of nitrogens with zero attached hydrogens (tertiary/aromatic N) is 1. The maximum Gasteiger partial charge on any atom is 0.198 e. The molecule has 3 aromatic rings. The maximum atomic E-state index is 10.1. The van der Waals surface area contributed by atoms with Crippen LogP contribution in [0.1, 0.15) is 17.6 Å². The number of halogens is 1. The molecule has 0 fully saturated rings. The van der Waals surface area contributed by atoms with Crippen LogP contribution in [-0.4, -0.2) is 10.1 Å². The van der Waals surface area contributed by atoms with E-state index in [1.807, 2.05) is 24.3 Å². The molecule has 0 saturated carbocycles. The van der Waals surface area contributed by atoms with Gasteiger partial charge in [0.1, 0.15) is 5.52 Å². The van der Waals surface area contributed by atoms with Crippen molar-refractivity contribution in [3.8, 4) is 0 Å². The van der Waals surface area contributed by atoms with E-state index in [0.717, 1.165) is 16.7 Å². The molecule has 0 spiro atoms. The number of hydrogen-bond donors (Lipinski definition) is 1. The number of para-hydroxylation sites is 2. The predicted octanol–water partition coefficient (Wildman–Crippen LogP) is 3.76. The van der Waals surface area contributed by atoms with Crippen molar-refractivity contribution in [1.82, 2.24) is 4.98 Å². The first kappa shape index (κ1) is 12.2. The fourth-order valence-electron chi connectivity index (χ4n) is 1.98. The van der Waals surface area contributed by atoms with Gasteiger partial charge in [-0.05, 0) is 29.8 Å². The minimum absolute atomic E-state index is 0.344. The summed E-state index contributed by atoms with van der Waals surface area (Å²) in [7, 11) is 0. The number of aliphatic hydroxyl groups excluding tert-OH is 1. The third-order valence-electron chi connectivity index (χ3n) is 2.96. The first-order valence-electron chi connectivity index (χ1n) is 6.00. The Morgan fingerprint density at radius 1 is 1.11 bits per heavy atom. The molecule has 1 heterocycles. The van der Waals surface area contributed by atoms with Gasteiger partial charge >= 0.3 is 0 Å². The van der Waals surface area contributed by atoms with E-state index in [1.165, 1.54) is 0 Å². The molecule has 1 atom stereocenters. The molecule has 0 aliphatic rings. The molecule has 1 N–H and O–H groups in total. The number of aromatic nitrogens is 1. The molecule has 19 heavy (non-hydrogen) atoms. The highest BCUT2D eigenvalue weighted by molar-refractivity contribution is 6.30. The molecule has 2 aromatic carbocycles. The van der Waals surface area contributed by atoms with Gasteiger partial charge in [0.25, 0.3) is 0 Å². The summed E-state index contributed by atoms with van der Waals surface area (Å²) in [4.78, 5) is 4.34. The van der Waals surface area contributed by atoms with Crippen molar-refractivity contribution in [2.45, 2.75) is 12.5 Å². The Labute approximate surface area is 115 Å². The molecule has 0 amide bonds. The van der Waals surface area contributed by atoms with Crippen LogP contribution in [-0.2, 0) is 6.42 Å². The van der Waals surface area contributed by atoms with Gasteiger partial charge in [-0.3, -0.25) is 0 Å². The van der Waals surface area contributed by atoms with Crippen LogP contribution < -0.4 is 0 Å². The average Bonchev–Trinajstić information content (AvgIpc) is 2.81. The molecule has 3 nitrogen and oxygen atoms in total. The Balaban J connectivity index is 1.82. The van der Waals surface area contributed by atoms with Crippen LogP contribution in [0.3, 0.4) is 0 Å². The largest absolute Gasteiger partial charge is 0.441 e. The van der Waals surface area contributed by atoms with E-state index in [0.29, 0.717) is 17.3 Å². The zero-order valence-electron chi connectivity index (χ0n) is 10.1. The molecule has 96 valence electrons. The number of hydrogen-bond acceptors (Lipinski definition) is 3. The quantitative estimate of drug-likeness (QED) is 0.790. The second-order valence-corrected chi connectivity index (χ2v) is 4.78. The average molecular weight is 274 g/mol. The number of benzene rings is 2. The lowest BCUT2D eigenvalue weighted by molar-refractivity contribution is 0.169. The van der Waals surface area contributed by atoms with E-state index >= 15 is 0 Å². The van der Waals surface area contributed by atoms with Crippen LogP contribution in [0.15, 0.2) is 52.9 Å². The molecular formula is C15H12ClNO2. The summed E-state index contributed by atoms with van der Waals surface area (Å²) < 4.78 is 5.59. The van der Waals surface area contributed by atoms with Crippen LogP contribution in [0, 0.1) is 0 Å². The first-order chi connectivity index (χ1) is 9.22. The van der Waals surface area contributed by atoms with Crippen LogP contribution >= 0.6 is 11.6 Å². The highest BCUT2D eigenvalue weighted by Crippen LogP contribution is 2.22. The highest BCUT2D eigenvalue weighted by atomic mass is 35.5. The van der Waals surface area contributed by atoms with E-state index in [2.05, 4.69) is 4.98 Å². The van der Waals surface area contributed by atoms with E-state index in [-0.39, 0.29) is 0 Å². The fraction of sp³-hybridized carbons (Fsp3) is 0.133. The van der Waals surface area contributed by atoms with Crippen LogP contribution in [0.25, 0.3) is 11.1 Å². The molecule has 4 heteroatoms. The van der Waals surface area contributed by atoms with Crippen molar-refractivity contribution in [2.75, 3.05) is 0 Å². The van der Waals surface area contributed by atoms with E-state index in [1.54, 1.807) is 24.3 Å². The Kier molecular flexibility index (Phi) is 3.23. The SMILES string of the molecule is O[C@H](Cc1nc2ccccc2o1)c1ccc(Cl)cc1. The Hall–Kier alpha value is -1.84. The normalized spacial score (nSPS) is 12.7. The van der Waals surface area contributed by atoms with Crippen molar-refractivity contribution in [2.24, 2.45) is 0 Å². The zero-order chi connectivity index (χ0) is 13.2. The Morgan fingerprint density at radius 3 is 2.58 bits per heavy atom. The molecule has 0 unspecified atom stereocenters. The number of aliphatic hydroxyl groups is 1. The van der Waals surface area contributed by atoms with Gasteiger partial charge in [-0.1, -0.05) is 35.9 Å². The molecule has 0 radical (unpaired) electrons. The lowest BCUT2D eigenvalue weighted by Crippen LogP contribution is -2.01. The molecule has 0 bridgehead atoms. The summed E-state index contributed by atoms with van der Waals surface area (Å²) in [6, 6.07) is 14.7. The van der Waals surface area contributed by atoms with E-state index in [9.17, 15) is 5.11 Å².